The van der Waals surface area contributed by atoms with Gasteiger partial charge in [0.05, 0.1) is 0 Å². The Morgan fingerprint density at radius 1 is 0.944 bits per heavy atom. The molecule has 0 aliphatic carbocycles. The highest BCUT2D eigenvalue weighted by atomic mass is 31.1. The van der Waals surface area contributed by atoms with E-state index in [2.05, 4.69) is 58.9 Å². The van der Waals surface area contributed by atoms with Crippen LogP contribution in [0.15, 0.2) is 24.3 Å². The zero-order valence-electron chi connectivity index (χ0n) is 12.5. The second-order valence-electron chi connectivity index (χ2n) is 6.39. The molecule has 0 bridgehead atoms. The van der Waals surface area contributed by atoms with E-state index in [-0.39, 0.29) is 7.92 Å². The van der Waals surface area contributed by atoms with E-state index in [1.54, 1.807) is 5.30 Å². The summed E-state index contributed by atoms with van der Waals surface area (Å²) >= 11 is 0. The Hall–Kier alpha value is -0.350. The first-order valence-electron chi connectivity index (χ1n) is 7.36. The summed E-state index contributed by atoms with van der Waals surface area (Å²) in [5.41, 5.74) is 3.39. The van der Waals surface area contributed by atoms with E-state index in [1.165, 1.54) is 18.4 Å². The molecule has 0 unspecified atom stereocenters. The zero-order chi connectivity index (χ0) is 13.3. The van der Waals surface area contributed by atoms with Gasteiger partial charge in [-0.05, 0) is 53.8 Å². The molecular formula is C17H27P. The molecule has 1 saturated heterocycles. The lowest BCUT2D eigenvalue weighted by atomic mass is 10.0. The van der Waals surface area contributed by atoms with Gasteiger partial charge in [0, 0.05) is 0 Å². The first kappa shape index (κ1) is 14.1. The minimum atomic E-state index is 0.0332. The third-order valence-corrected chi connectivity index (χ3v) is 8.60. The molecule has 1 heterocycles. The minimum absolute atomic E-state index is 0.0332. The van der Waals surface area contributed by atoms with Gasteiger partial charge in [-0.25, -0.2) is 0 Å². The maximum Gasteiger partial charge on any atom is -0.0143 e. The lowest BCUT2D eigenvalue weighted by Gasteiger charge is -2.31. The van der Waals surface area contributed by atoms with Crippen LogP contribution in [0, 0.1) is 18.8 Å². The van der Waals surface area contributed by atoms with Gasteiger partial charge in [-0.3, -0.25) is 0 Å². The summed E-state index contributed by atoms with van der Waals surface area (Å²) in [6.45, 7) is 12.0. The van der Waals surface area contributed by atoms with Crippen molar-refractivity contribution in [3.63, 3.8) is 0 Å². The van der Waals surface area contributed by atoms with Crippen LogP contribution in [0.1, 0.15) is 46.1 Å². The topological polar surface area (TPSA) is 0 Å². The number of rotatable bonds is 3. The molecule has 0 nitrogen and oxygen atoms in total. The summed E-state index contributed by atoms with van der Waals surface area (Å²) < 4.78 is 0. The van der Waals surface area contributed by atoms with Crippen LogP contribution in [0.4, 0.5) is 0 Å². The normalized spacial score (nSPS) is 25.3. The molecule has 1 aromatic rings. The van der Waals surface area contributed by atoms with Crippen LogP contribution in [0.25, 0.3) is 0 Å². The lowest BCUT2D eigenvalue weighted by Crippen LogP contribution is -2.22. The van der Waals surface area contributed by atoms with E-state index in [0.717, 1.165) is 23.2 Å². The molecule has 1 heteroatoms. The van der Waals surface area contributed by atoms with Gasteiger partial charge < -0.3 is 0 Å². The second kappa shape index (κ2) is 5.74. The fourth-order valence-corrected chi connectivity index (χ4v) is 7.47. The summed E-state index contributed by atoms with van der Waals surface area (Å²) in [5.74, 6) is 1.67. The Bertz CT molecular complexity index is 378. The summed E-state index contributed by atoms with van der Waals surface area (Å²) in [4.78, 5) is 0. The quantitative estimate of drug-likeness (QED) is 0.676. The van der Waals surface area contributed by atoms with Crippen LogP contribution >= 0.6 is 7.92 Å². The van der Waals surface area contributed by atoms with Crippen LogP contribution in [0.5, 0.6) is 0 Å². The van der Waals surface area contributed by atoms with Gasteiger partial charge in [0.1, 0.15) is 0 Å². The third-order valence-electron chi connectivity index (χ3n) is 4.41. The molecular weight excluding hydrogens is 235 g/mol. The Labute approximate surface area is 114 Å². The number of aryl methyl sites for hydroxylation is 1. The molecule has 0 radical (unpaired) electrons. The van der Waals surface area contributed by atoms with Gasteiger partial charge >= 0.3 is 0 Å². The van der Waals surface area contributed by atoms with E-state index in [9.17, 15) is 0 Å². The van der Waals surface area contributed by atoms with Crippen molar-refractivity contribution in [2.75, 3.05) is 0 Å². The van der Waals surface area contributed by atoms with Crippen molar-refractivity contribution in [2.45, 2.75) is 58.8 Å². The van der Waals surface area contributed by atoms with Gasteiger partial charge in [-0.1, -0.05) is 59.9 Å². The predicted octanol–water partition coefficient (Wildman–Crippen LogP) is 4.95. The molecule has 1 aliphatic rings. The lowest BCUT2D eigenvalue weighted by molar-refractivity contribution is 0.543. The molecule has 0 spiro atoms. The highest BCUT2D eigenvalue weighted by molar-refractivity contribution is 7.67. The average molecular weight is 262 g/mol. The summed E-state index contributed by atoms with van der Waals surface area (Å²) in [6.07, 6.45) is 2.89. The van der Waals surface area contributed by atoms with Gasteiger partial charge in [-0.15, -0.1) is 0 Å². The molecule has 0 amide bonds. The van der Waals surface area contributed by atoms with Crippen LogP contribution < -0.4 is 5.30 Å². The minimum Gasteiger partial charge on any atom is -0.0682 e. The Morgan fingerprint density at radius 3 is 1.89 bits per heavy atom. The van der Waals surface area contributed by atoms with E-state index in [1.807, 2.05) is 0 Å². The Balaban J connectivity index is 2.38. The SMILES string of the molecule is Cc1ccccc1P1[C@@H](C(C)C)CC[C@@H]1C(C)C. The van der Waals surface area contributed by atoms with Crippen molar-refractivity contribution >= 4 is 13.2 Å². The zero-order valence-corrected chi connectivity index (χ0v) is 13.4. The standard InChI is InChI=1S/C17H27P/c1-12(2)15-10-11-16(13(3)4)18(15)17-9-7-6-8-14(17)5/h6-9,12-13,15-16H,10-11H2,1-5H3/t15-,16-/m1/s1. The van der Waals surface area contributed by atoms with E-state index in [0.29, 0.717) is 0 Å². The van der Waals surface area contributed by atoms with Crippen molar-refractivity contribution in [3.05, 3.63) is 29.8 Å². The molecule has 1 fully saturated rings. The molecule has 18 heavy (non-hydrogen) atoms. The summed E-state index contributed by atoms with van der Waals surface area (Å²) in [7, 11) is 0.0332. The monoisotopic (exact) mass is 262 g/mol. The maximum atomic E-state index is 2.42. The molecule has 2 atom stereocenters. The van der Waals surface area contributed by atoms with E-state index >= 15 is 0 Å². The summed E-state index contributed by atoms with van der Waals surface area (Å²) in [5, 5.41) is 1.68. The Morgan fingerprint density at radius 2 is 1.44 bits per heavy atom. The predicted molar refractivity (Wildman–Crippen MR) is 84.2 cm³/mol. The molecule has 1 aliphatic heterocycles. The first-order valence-corrected chi connectivity index (χ1v) is 8.84. The number of benzene rings is 1. The molecule has 0 N–H and O–H groups in total. The van der Waals surface area contributed by atoms with Crippen molar-refractivity contribution in [2.24, 2.45) is 11.8 Å². The number of hydrogen-bond donors (Lipinski definition) is 0. The summed E-state index contributed by atoms with van der Waals surface area (Å²) in [6, 6.07) is 9.11. The van der Waals surface area contributed by atoms with Crippen molar-refractivity contribution < 1.29 is 0 Å². The molecule has 100 valence electrons. The first-order chi connectivity index (χ1) is 8.52. The highest BCUT2D eigenvalue weighted by Gasteiger charge is 2.39. The van der Waals surface area contributed by atoms with Crippen molar-refractivity contribution in [3.8, 4) is 0 Å². The van der Waals surface area contributed by atoms with Crippen molar-refractivity contribution in [1.82, 2.24) is 0 Å². The van der Waals surface area contributed by atoms with Gasteiger partial charge in [0.25, 0.3) is 0 Å². The fourth-order valence-electron chi connectivity index (χ4n) is 3.39. The number of hydrogen-bond acceptors (Lipinski definition) is 0. The highest BCUT2D eigenvalue weighted by Crippen LogP contribution is 2.59. The largest absolute Gasteiger partial charge is 0.0682 e. The van der Waals surface area contributed by atoms with Gasteiger partial charge in [0.15, 0.2) is 0 Å². The second-order valence-corrected chi connectivity index (χ2v) is 9.02. The van der Waals surface area contributed by atoms with E-state index < -0.39 is 0 Å². The molecule has 1 aromatic carbocycles. The molecule has 0 aromatic heterocycles. The fraction of sp³-hybridized carbons (Fsp3) is 0.647. The van der Waals surface area contributed by atoms with E-state index in [4.69, 9.17) is 0 Å². The van der Waals surface area contributed by atoms with Crippen LogP contribution in [0.2, 0.25) is 0 Å². The van der Waals surface area contributed by atoms with Gasteiger partial charge in [0.2, 0.25) is 0 Å². The molecule has 0 saturated carbocycles. The Kier molecular flexibility index (Phi) is 4.49. The van der Waals surface area contributed by atoms with Crippen LogP contribution in [0.3, 0.4) is 0 Å². The smallest absolute Gasteiger partial charge is 0.0143 e. The molecule has 2 rings (SSSR count). The average Bonchev–Trinajstić information content (AvgIpc) is 2.74. The van der Waals surface area contributed by atoms with Gasteiger partial charge in [-0.2, -0.15) is 0 Å². The van der Waals surface area contributed by atoms with Crippen LogP contribution in [-0.2, 0) is 0 Å². The van der Waals surface area contributed by atoms with Crippen molar-refractivity contribution in [1.29, 1.82) is 0 Å². The maximum absolute atomic E-state index is 2.42. The third kappa shape index (κ3) is 2.64. The van der Waals surface area contributed by atoms with Crippen LogP contribution in [-0.4, -0.2) is 11.3 Å².